The maximum Gasteiger partial charge on any atom is 0.303 e. The molecule has 2 rings (SSSR count). The number of nitrogens with zero attached hydrogens (tertiary/aromatic N) is 1. The minimum Gasteiger partial charge on any atom is -0.507 e. The van der Waals surface area contributed by atoms with Crippen LogP contribution in [-0.2, 0) is 4.79 Å². The first-order valence-electron chi connectivity index (χ1n) is 8.42. The molecule has 2 aromatic rings. The smallest absolute Gasteiger partial charge is 0.303 e. The average molecular weight is 382 g/mol. The number of H-pyrrole nitrogens is 1. The summed E-state index contributed by atoms with van der Waals surface area (Å²) in [5, 5.41) is 21.2. The zero-order chi connectivity index (χ0) is 19.2. The Morgan fingerprint density at radius 3 is 2.46 bits per heavy atom. The van der Waals surface area contributed by atoms with Gasteiger partial charge in [0.15, 0.2) is 0 Å². The van der Waals surface area contributed by atoms with Crippen molar-refractivity contribution in [1.29, 1.82) is 0 Å². The van der Waals surface area contributed by atoms with Crippen LogP contribution in [0.15, 0.2) is 36.9 Å². The molecule has 0 saturated carbocycles. The number of carbonyl (C=O) groups is 2. The molecule has 1 aromatic heterocycles. The van der Waals surface area contributed by atoms with Crippen molar-refractivity contribution in [3.8, 4) is 5.75 Å². The van der Waals surface area contributed by atoms with Gasteiger partial charge in [0.05, 0.1) is 11.9 Å². The fourth-order valence-corrected chi connectivity index (χ4v) is 2.31. The number of phenolic OH excluding ortho intramolecular Hbond substituents is 1. The van der Waals surface area contributed by atoms with Crippen molar-refractivity contribution in [2.75, 3.05) is 6.54 Å². The lowest BCUT2D eigenvalue weighted by atomic mass is 10.1. The van der Waals surface area contributed by atoms with Crippen LogP contribution in [0.3, 0.4) is 0 Å². The molecular weight excluding hydrogens is 358 g/mol. The van der Waals surface area contributed by atoms with Crippen LogP contribution in [0.2, 0.25) is 5.02 Å². The van der Waals surface area contributed by atoms with Crippen molar-refractivity contribution in [2.45, 2.75) is 38.5 Å². The van der Waals surface area contributed by atoms with Crippen LogP contribution >= 0.6 is 11.6 Å². The third-order valence-electron chi connectivity index (χ3n) is 3.46. The van der Waals surface area contributed by atoms with Gasteiger partial charge in [-0.2, -0.15) is 0 Å². The second-order valence-corrected chi connectivity index (χ2v) is 6.03. The van der Waals surface area contributed by atoms with E-state index in [2.05, 4.69) is 15.3 Å². The van der Waals surface area contributed by atoms with Gasteiger partial charge in [-0.3, -0.25) is 9.59 Å². The second kappa shape index (κ2) is 12.8. The number of imidazole rings is 1. The SMILES string of the molecule is O=C(O)CCCCCCCNC(=O)c1ccc(Cl)cc1O.c1c[nH]cn1. The van der Waals surface area contributed by atoms with E-state index in [-0.39, 0.29) is 23.6 Å². The lowest BCUT2D eigenvalue weighted by Crippen LogP contribution is -2.24. The fraction of sp³-hybridized carbons (Fsp3) is 0.389. The molecule has 0 bridgehead atoms. The first kappa shape index (κ1) is 21.5. The van der Waals surface area contributed by atoms with Crippen LogP contribution < -0.4 is 5.32 Å². The van der Waals surface area contributed by atoms with Crippen molar-refractivity contribution in [3.05, 3.63) is 47.5 Å². The van der Waals surface area contributed by atoms with Crippen molar-refractivity contribution < 1.29 is 19.8 Å². The first-order valence-corrected chi connectivity index (χ1v) is 8.79. The Bertz CT molecular complexity index is 645. The lowest BCUT2D eigenvalue weighted by molar-refractivity contribution is -0.137. The highest BCUT2D eigenvalue weighted by atomic mass is 35.5. The van der Waals surface area contributed by atoms with Crippen molar-refractivity contribution >= 4 is 23.5 Å². The van der Waals surface area contributed by atoms with Crippen LogP contribution in [0.5, 0.6) is 5.75 Å². The minimum atomic E-state index is -0.759. The first-order chi connectivity index (χ1) is 12.5. The molecule has 0 aliphatic rings. The third-order valence-corrected chi connectivity index (χ3v) is 3.70. The number of hydrogen-bond donors (Lipinski definition) is 4. The lowest BCUT2D eigenvalue weighted by Gasteiger charge is -2.07. The summed E-state index contributed by atoms with van der Waals surface area (Å²) in [5.74, 6) is -1.21. The quantitative estimate of drug-likeness (QED) is 0.495. The zero-order valence-electron chi connectivity index (χ0n) is 14.4. The highest BCUT2D eigenvalue weighted by molar-refractivity contribution is 6.30. The number of hydrogen-bond acceptors (Lipinski definition) is 4. The molecule has 142 valence electrons. The molecule has 26 heavy (non-hydrogen) atoms. The topological polar surface area (TPSA) is 115 Å². The molecule has 0 saturated heterocycles. The van der Waals surface area contributed by atoms with Crippen molar-refractivity contribution in [2.24, 2.45) is 0 Å². The van der Waals surface area contributed by atoms with Crippen LogP contribution in [0.1, 0.15) is 48.9 Å². The van der Waals surface area contributed by atoms with E-state index in [4.69, 9.17) is 16.7 Å². The average Bonchev–Trinajstić information content (AvgIpc) is 3.16. The Labute approximate surface area is 157 Å². The van der Waals surface area contributed by atoms with Crippen LogP contribution in [0, 0.1) is 0 Å². The Morgan fingerprint density at radius 1 is 1.15 bits per heavy atom. The summed E-state index contributed by atoms with van der Waals surface area (Å²) in [5.41, 5.74) is 0.209. The molecule has 0 fully saturated rings. The maximum atomic E-state index is 11.8. The van der Waals surface area contributed by atoms with E-state index in [0.29, 0.717) is 18.0 Å². The van der Waals surface area contributed by atoms with E-state index in [1.807, 2.05) is 0 Å². The monoisotopic (exact) mass is 381 g/mol. The molecule has 7 nitrogen and oxygen atoms in total. The predicted octanol–water partition coefficient (Wildman–Crippen LogP) is 3.61. The van der Waals surface area contributed by atoms with Gasteiger partial charge in [-0.1, -0.05) is 30.9 Å². The number of carboxylic acids is 1. The number of phenols is 1. The molecule has 0 aliphatic heterocycles. The number of nitrogens with one attached hydrogen (secondary N) is 2. The van der Waals surface area contributed by atoms with Crippen LogP contribution in [0.25, 0.3) is 0 Å². The van der Waals surface area contributed by atoms with Crippen LogP contribution in [-0.4, -0.2) is 38.6 Å². The number of halogens is 1. The van der Waals surface area contributed by atoms with Gasteiger partial charge >= 0.3 is 5.97 Å². The van der Waals surface area contributed by atoms with E-state index in [0.717, 1.165) is 25.7 Å². The Kier molecular flexibility index (Phi) is 10.6. The number of aliphatic carboxylic acids is 1. The number of amides is 1. The number of aromatic nitrogens is 2. The molecule has 0 unspecified atom stereocenters. The fourth-order valence-electron chi connectivity index (χ4n) is 2.14. The number of rotatable bonds is 9. The zero-order valence-corrected chi connectivity index (χ0v) is 15.2. The summed E-state index contributed by atoms with van der Waals surface area (Å²) in [4.78, 5) is 28.5. The summed E-state index contributed by atoms with van der Waals surface area (Å²) < 4.78 is 0. The maximum absolute atomic E-state index is 11.8. The second-order valence-electron chi connectivity index (χ2n) is 5.59. The van der Waals surface area contributed by atoms with Gasteiger partial charge in [-0.15, -0.1) is 0 Å². The van der Waals surface area contributed by atoms with Gasteiger partial charge in [0.2, 0.25) is 0 Å². The van der Waals surface area contributed by atoms with Gasteiger partial charge in [-0.25, -0.2) is 4.98 Å². The van der Waals surface area contributed by atoms with E-state index in [1.54, 1.807) is 24.8 Å². The molecule has 1 aromatic carbocycles. The number of carbonyl (C=O) groups excluding carboxylic acids is 1. The van der Waals surface area contributed by atoms with E-state index in [1.165, 1.54) is 12.1 Å². The Morgan fingerprint density at radius 2 is 1.88 bits per heavy atom. The molecule has 1 heterocycles. The highest BCUT2D eigenvalue weighted by Gasteiger charge is 2.10. The van der Waals surface area contributed by atoms with Gasteiger partial charge < -0.3 is 20.5 Å². The predicted molar refractivity (Wildman–Crippen MR) is 99.4 cm³/mol. The number of aromatic hydroxyl groups is 1. The van der Waals surface area contributed by atoms with Gasteiger partial charge in [0.1, 0.15) is 5.75 Å². The summed E-state index contributed by atoms with van der Waals surface area (Å²) in [6.07, 6.45) is 9.60. The van der Waals surface area contributed by atoms with Gasteiger partial charge in [-0.05, 0) is 31.0 Å². The molecule has 0 radical (unpaired) electrons. The Hall–Kier alpha value is -2.54. The number of aromatic amines is 1. The largest absolute Gasteiger partial charge is 0.507 e. The molecule has 4 N–H and O–H groups in total. The van der Waals surface area contributed by atoms with E-state index >= 15 is 0 Å². The summed E-state index contributed by atoms with van der Waals surface area (Å²) in [6, 6.07) is 4.37. The molecule has 8 heteroatoms. The van der Waals surface area contributed by atoms with E-state index in [9.17, 15) is 14.7 Å². The number of carboxylic acid groups (broad SMARTS) is 1. The van der Waals surface area contributed by atoms with Crippen molar-refractivity contribution in [3.63, 3.8) is 0 Å². The molecule has 0 atom stereocenters. The summed E-state index contributed by atoms with van der Waals surface area (Å²) in [6.45, 7) is 0.528. The third kappa shape index (κ3) is 9.68. The molecule has 0 spiro atoms. The number of benzene rings is 1. The molecular formula is C18H24ClN3O4. The standard InChI is InChI=1S/C15H20ClNO4.C3H4N2/c16-11-7-8-12(13(18)10-11)15(21)17-9-5-3-1-2-4-6-14(19)20;1-2-5-3-4-1/h7-8,10,18H,1-6,9H2,(H,17,21)(H,19,20);1-3H,(H,4,5). The molecule has 0 aliphatic carbocycles. The van der Waals surface area contributed by atoms with Crippen molar-refractivity contribution in [1.82, 2.24) is 15.3 Å². The summed E-state index contributed by atoms with van der Waals surface area (Å²) in [7, 11) is 0. The normalized spacial score (nSPS) is 9.88. The summed E-state index contributed by atoms with van der Waals surface area (Å²) >= 11 is 5.70. The highest BCUT2D eigenvalue weighted by Crippen LogP contribution is 2.21. The van der Waals surface area contributed by atoms with Crippen LogP contribution in [0.4, 0.5) is 0 Å². The van der Waals surface area contributed by atoms with Gasteiger partial charge in [0, 0.05) is 30.4 Å². The van der Waals surface area contributed by atoms with E-state index < -0.39 is 5.97 Å². The van der Waals surface area contributed by atoms with Gasteiger partial charge in [0.25, 0.3) is 5.91 Å². The minimum absolute atomic E-state index is 0.131. The number of unbranched alkanes of at least 4 members (excludes halogenated alkanes) is 4. The molecule has 1 amide bonds. The Balaban J connectivity index is 0.000000577.